The van der Waals surface area contributed by atoms with Gasteiger partial charge in [0.05, 0.1) is 23.2 Å². The van der Waals surface area contributed by atoms with Crippen molar-refractivity contribution in [3.05, 3.63) is 66.8 Å². The van der Waals surface area contributed by atoms with Gasteiger partial charge in [-0.05, 0) is 61.9 Å². The predicted molar refractivity (Wildman–Crippen MR) is 157 cm³/mol. The van der Waals surface area contributed by atoms with Crippen molar-refractivity contribution in [3.63, 3.8) is 0 Å². The molecule has 5 atom stereocenters. The summed E-state index contributed by atoms with van der Waals surface area (Å²) >= 11 is 1.57. The molecule has 0 aliphatic carbocycles. The van der Waals surface area contributed by atoms with Crippen LogP contribution in [-0.4, -0.2) is 69.6 Å². The van der Waals surface area contributed by atoms with Crippen molar-refractivity contribution in [2.75, 3.05) is 31.2 Å². The Morgan fingerprint density at radius 1 is 0.975 bits per heavy atom. The van der Waals surface area contributed by atoms with Gasteiger partial charge in [0.25, 0.3) is 5.91 Å². The molecule has 0 saturated carbocycles. The van der Waals surface area contributed by atoms with Crippen LogP contribution in [0.15, 0.2) is 66.8 Å². The summed E-state index contributed by atoms with van der Waals surface area (Å²) in [5, 5.41) is 11.6. The van der Waals surface area contributed by atoms with E-state index in [0.29, 0.717) is 32.5 Å². The molecule has 0 radical (unpaired) electrons. The number of hydrogen-bond acceptors (Lipinski definition) is 6. The molecule has 0 bridgehead atoms. The lowest BCUT2D eigenvalue weighted by molar-refractivity contribution is -0.154. The normalized spacial score (nSPS) is 32.9. The van der Waals surface area contributed by atoms with E-state index in [2.05, 4.69) is 12.2 Å². The average Bonchev–Trinajstić information content (AvgIpc) is 3.27. The predicted octanol–water partition coefficient (Wildman–Crippen LogP) is 4.49. The maximum absolute atomic E-state index is 14.6. The number of aliphatic hydroxyl groups is 1. The third-order valence-electron chi connectivity index (χ3n) is 8.85. The number of hydrogen-bond donors (Lipinski definition) is 1. The maximum Gasteiger partial charge on any atom is 0.311 e. The number of unbranched alkanes of at least 4 members (excludes halogenated alkanes) is 1. The molecule has 7 nitrogen and oxygen atoms in total. The summed E-state index contributed by atoms with van der Waals surface area (Å²) < 4.78 is 4.15. The molecule has 4 aliphatic heterocycles. The van der Waals surface area contributed by atoms with Gasteiger partial charge < -0.3 is 19.6 Å². The standard InChI is InChI=1S/C32H36N2O5S/c1-31-15-6-2-3-9-20-39-30(38)26(31)25-28(36)34(17-7-8-19-35)27-29(37)33(18-10-16-32(25,27)40-31)24-14-13-22-11-4-5-12-23(22)21-24/h4-6,10-16,21,25-27,35H,2-3,7-9,17-20H2,1H3/b15-6-/t25-,26+,27?,31-,32-/m0/s1. The van der Waals surface area contributed by atoms with Crippen molar-refractivity contribution in [1.82, 2.24) is 4.90 Å². The molecule has 6 rings (SSSR count). The Morgan fingerprint density at radius 3 is 2.62 bits per heavy atom. The molecule has 2 saturated heterocycles. The maximum atomic E-state index is 14.6. The van der Waals surface area contributed by atoms with E-state index in [1.54, 1.807) is 21.6 Å². The number of esters is 1. The van der Waals surface area contributed by atoms with E-state index in [9.17, 15) is 19.5 Å². The summed E-state index contributed by atoms with van der Waals surface area (Å²) in [7, 11) is 0. The summed E-state index contributed by atoms with van der Waals surface area (Å²) in [5.74, 6) is -2.09. The summed E-state index contributed by atoms with van der Waals surface area (Å²) in [6.07, 6.45) is 11.9. The number of nitrogens with zero attached hydrogens (tertiary/aromatic N) is 2. The van der Waals surface area contributed by atoms with Crippen LogP contribution in [0.25, 0.3) is 10.8 Å². The van der Waals surface area contributed by atoms with Gasteiger partial charge in [0.1, 0.15) is 6.04 Å². The zero-order valence-corrected chi connectivity index (χ0v) is 23.6. The number of ether oxygens (including phenoxy) is 1. The molecule has 0 aromatic heterocycles. The second-order valence-corrected chi connectivity index (χ2v) is 13.2. The van der Waals surface area contributed by atoms with Crippen LogP contribution >= 0.6 is 11.8 Å². The highest BCUT2D eigenvalue weighted by Crippen LogP contribution is 2.65. The number of amides is 2. The largest absolute Gasteiger partial charge is 0.465 e. The van der Waals surface area contributed by atoms with Crippen LogP contribution in [0, 0.1) is 11.8 Å². The number of aliphatic hydroxyl groups excluding tert-OH is 1. The Kier molecular flexibility index (Phi) is 7.25. The third-order valence-corrected chi connectivity index (χ3v) is 10.6. The van der Waals surface area contributed by atoms with Crippen LogP contribution in [0.5, 0.6) is 0 Å². The molecule has 2 fully saturated rings. The molecular weight excluding hydrogens is 524 g/mol. The molecule has 8 heteroatoms. The van der Waals surface area contributed by atoms with Gasteiger partial charge in [0.15, 0.2) is 0 Å². The molecule has 1 N–H and O–H groups in total. The number of benzene rings is 2. The van der Waals surface area contributed by atoms with Crippen LogP contribution in [0.2, 0.25) is 0 Å². The van der Waals surface area contributed by atoms with Gasteiger partial charge in [-0.2, -0.15) is 0 Å². The molecular formula is C32H36N2O5S. The Balaban J connectivity index is 1.45. The molecule has 4 heterocycles. The highest BCUT2D eigenvalue weighted by atomic mass is 32.2. The smallest absolute Gasteiger partial charge is 0.311 e. The molecule has 2 amide bonds. The van der Waals surface area contributed by atoms with Gasteiger partial charge >= 0.3 is 5.97 Å². The number of cyclic esters (lactones) is 1. The number of anilines is 1. The number of allylic oxidation sites excluding steroid dienone is 1. The van der Waals surface area contributed by atoms with E-state index in [-0.39, 0.29) is 24.4 Å². The van der Waals surface area contributed by atoms with Gasteiger partial charge in [-0.3, -0.25) is 14.4 Å². The summed E-state index contributed by atoms with van der Waals surface area (Å²) in [5.41, 5.74) is 0.782. The number of carbonyl (C=O) groups excluding carboxylic acids is 3. The highest BCUT2D eigenvalue weighted by Gasteiger charge is 2.73. The van der Waals surface area contributed by atoms with E-state index in [1.165, 1.54) is 0 Å². The Morgan fingerprint density at radius 2 is 1.80 bits per heavy atom. The molecule has 1 spiro atoms. The van der Waals surface area contributed by atoms with E-state index in [0.717, 1.165) is 35.7 Å². The fourth-order valence-electron chi connectivity index (χ4n) is 7.01. The first-order valence-corrected chi connectivity index (χ1v) is 15.1. The molecule has 2 aromatic carbocycles. The first-order chi connectivity index (χ1) is 19.4. The number of carbonyl (C=O) groups is 3. The second-order valence-electron chi connectivity index (χ2n) is 11.4. The molecule has 1 unspecified atom stereocenters. The minimum absolute atomic E-state index is 0.0187. The lowest BCUT2D eigenvalue weighted by Crippen LogP contribution is -2.53. The van der Waals surface area contributed by atoms with Gasteiger partial charge in [0.2, 0.25) is 5.91 Å². The number of fused-ring (bicyclic) bond motifs is 3. The van der Waals surface area contributed by atoms with Crippen molar-refractivity contribution in [3.8, 4) is 0 Å². The van der Waals surface area contributed by atoms with Gasteiger partial charge in [-0.25, -0.2) is 0 Å². The lowest BCUT2D eigenvalue weighted by Gasteiger charge is -2.37. The topological polar surface area (TPSA) is 87.1 Å². The van der Waals surface area contributed by atoms with Crippen LogP contribution < -0.4 is 4.90 Å². The van der Waals surface area contributed by atoms with Gasteiger partial charge in [-0.15, -0.1) is 11.8 Å². The fourth-order valence-corrected chi connectivity index (χ4v) is 9.16. The monoisotopic (exact) mass is 560 g/mol. The van der Waals surface area contributed by atoms with E-state index < -0.39 is 27.4 Å². The minimum Gasteiger partial charge on any atom is -0.465 e. The van der Waals surface area contributed by atoms with E-state index in [4.69, 9.17) is 4.74 Å². The van der Waals surface area contributed by atoms with Crippen LogP contribution in [-0.2, 0) is 19.1 Å². The van der Waals surface area contributed by atoms with Crippen molar-refractivity contribution >= 4 is 46.0 Å². The zero-order chi connectivity index (χ0) is 27.9. The first-order valence-electron chi connectivity index (χ1n) is 14.3. The Hall–Kier alpha value is -3.10. The minimum atomic E-state index is -0.907. The lowest BCUT2D eigenvalue weighted by atomic mass is 9.74. The Bertz CT molecular complexity index is 1390. The van der Waals surface area contributed by atoms with Crippen molar-refractivity contribution in [2.24, 2.45) is 11.8 Å². The zero-order valence-electron chi connectivity index (χ0n) is 22.8. The summed E-state index contributed by atoms with van der Waals surface area (Å²) in [4.78, 5) is 46.0. The fraction of sp³-hybridized carbons (Fsp3) is 0.469. The number of thioether (sulfide) groups is 1. The Labute approximate surface area is 239 Å². The molecule has 4 aliphatic rings. The van der Waals surface area contributed by atoms with Gasteiger partial charge in [0, 0.05) is 30.1 Å². The third kappa shape index (κ3) is 4.36. The number of likely N-dealkylation sites (tertiary alicyclic amines) is 1. The van der Waals surface area contributed by atoms with Crippen LogP contribution in [0.3, 0.4) is 0 Å². The first kappa shape index (κ1) is 27.1. The van der Waals surface area contributed by atoms with E-state index >= 15 is 0 Å². The summed E-state index contributed by atoms with van der Waals surface area (Å²) in [6.45, 7) is 3.10. The molecule has 40 heavy (non-hydrogen) atoms. The van der Waals surface area contributed by atoms with Crippen molar-refractivity contribution in [2.45, 2.75) is 54.6 Å². The van der Waals surface area contributed by atoms with Crippen molar-refractivity contribution in [1.29, 1.82) is 0 Å². The molecule has 2 aromatic rings. The average molecular weight is 561 g/mol. The second kappa shape index (κ2) is 10.7. The SMILES string of the molecule is C[C@]12/C=C\CCCCOC(=O)[C@H]1[C@H]1C(=O)N(CCCCO)C3C(=O)N(c4ccc5ccccc5c4)CC=C[C@@]31S2. The quantitative estimate of drug-likeness (QED) is 0.330. The van der Waals surface area contributed by atoms with E-state index in [1.807, 2.05) is 61.5 Å². The summed E-state index contributed by atoms with van der Waals surface area (Å²) in [6, 6.07) is 13.3. The number of rotatable bonds is 5. The molecule has 210 valence electrons. The van der Waals surface area contributed by atoms with Crippen LogP contribution in [0.1, 0.15) is 39.0 Å². The van der Waals surface area contributed by atoms with Crippen molar-refractivity contribution < 1.29 is 24.2 Å². The highest BCUT2D eigenvalue weighted by molar-refractivity contribution is 8.02. The van der Waals surface area contributed by atoms with Gasteiger partial charge in [-0.1, -0.05) is 54.6 Å². The van der Waals surface area contributed by atoms with Crippen LogP contribution in [0.4, 0.5) is 5.69 Å².